The average molecular weight is 374 g/mol. The van der Waals surface area contributed by atoms with E-state index in [9.17, 15) is 0 Å². The van der Waals surface area contributed by atoms with Gasteiger partial charge < -0.3 is 14.5 Å². The SMILES string of the molecule is CC1CC[NH+](Cc2nc(N3CCOCC3)c3c4c(sc3n2)CCC4)CC1. The smallest absolute Gasteiger partial charge is 0.187 e. The van der Waals surface area contributed by atoms with Crippen LogP contribution in [0.1, 0.15) is 42.5 Å². The Kier molecular flexibility index (Phi) is 4.59. The van der Waals surface area contributed by atoms with Crippen molar-refractivity contribution in [2.45, 2.75) is 45.6 Å². The number of rotatable bonds is 3. The zero-order valence-electron chi connectivity index (χ0n) is 15.7. The van der Waals surface area contributed by atoms with E-state index in [1.807, 2.05) is 11.3 Å². The number of fused-ring (bicyclic) bond motifs is 3. The summed E-state index contributed by atoms with van der Waals surface area (Å²) in [5, 5.41) is 1.36. The van der Waals surface area contributed by atoms with Gasteiger partial charge in [0.2, 0.25) is 0 Å². The van der Waals surface area contributed by atoms with E-state index in [0.717, 1.165) is 44.6 Å². The largest absolute Gasteiger partial charge is 0.378 e. The number of nitrogens with zero attached hydrogens (tertiary/aromatic N) is 3. The van der Waals surface area contributed by atoms with E-state index in [1.54, 1.807) is 9.78 Å². The van der Waals surface area contributed by atoms with Gasteiger partial charge >= 0.3 is 0 Å². The fraction of sp³-hybridized carbons (Fsp3) is 0.700. The number of nitrogens with one attached hydrogen (secondary N) is 1. The van der Waals surface area contributed by atoms with Crippen molar-refractivity contribution in [1.29, 1.82) is 0 Å². The first-order valence-electron chi connectivity index (χ1n) is 10.3. The van der Waals surface area contributed by atoms with Crippen molar-refractivity contribution >= 4 is 27.4 Å². The highest BCUT2D eigenvalue weighted by Gasteiger charge is 2.27. The fourth-order valence-electron chi connectivity index (χ4n) is 4.67. The van der Waals surface area contributed by atoms with Gasteiger partial charge in [-0.2, -0.15) is 0 Å². The minimum absolute atomic E-state index is 0.808. The number of quaternary nitrogens is 1. The van der Waals surface area contributed by atoms with Gasteiger partial charge in [-0.15, -0.1) is 11.3 Å². The van der Waals surface area contributed by atoms with E-state index in [4.69, 9.17) is 14.7 Å². The number of likely N-dealkylation sites (tertiary alicyclic amines) is 1. The standard InChI is InChI=1S/C20H28N4OS/c1-14-5-7-23(8-6-14)13-17-21-19(24-9-11-25-12-10-24)18-15-3-2-4-16(15)26-20(18)22-17/h14H,2-13H2,1H3/p+1. The molecule has 3 aliphatic rings. The van der Waals surface area contributed by atoms with E-state index in [-0.39, 0.29) is 0 Å². The van der Waals surface area contributed by atoms with Gasteiger partial charge in [-0.05, 0) is 43.6 Å². The van der Waals surface area contributed by atoms with E-state index < -0.39 is 0 Å². The average Bonchev–Trinajstić information content (AvgIpc) is 3.24. The molecule has 2 fully saturated rings. The lowest BCUT2D eigenvalue weighted by molar-refractivity contribution is -0.920. The summed E-state index contributed by atoms with van der Waals surface area (Å²) in [6, 6.07) is 0. The summed E-state index contributed by atoms with van der Waals surface area (Å²) in [5.74, 6) is 3.12. The zero-order valence-corrected chi connectivity index (χ0v) is 16.5. The van der Waals surface area contributed by atoms with Crippen molar-refractivity contribution in [3.05, 3.63) is 16.3 Å². The Morgan fingerprint density at radius 1 is 1.15 bits per heavy atom. The summed E-state index contributed by atoms with van der Waals surface area (Å²) >= 11 is 1.92. The molecule has 4 heterocycles. The summed E-state index contributed by atoms with van der Waals surface area (Å²) < 4.78 is 5.58. The van der Waals surface area contributed by atoms with Crippen molar-refractivity contribution in [3.63, 3.8) is 0 Å². The molecule has 0 unspecified atom stereocenters. The predicted molar refractivity (Wildman–Crippen MR) is 105 cm³/mol. The number of aryl methyl sites for hydroxylation is 2. The highest BCUT2D eigenvalue weighted by atomic mass is 32.1. The van der Waals surface area contributed by atoms with Crippen molar-refractivity contribution in [3.8, 4) is 0 Å². The number of thiophene rings is 1. The molecule has 0 spiro atoms. The van der Waals surface area contributed by atoms with Gasteiger partial charge in [0.1, 0.15) is 17.2 Å². The molecule has 5 nitrogen and oxygen atoms in total. The third-order valence-corrected chi connectivity index (χ3v) is 7.48. The fourth-order valence-corrected chi connectivity index (χ4v) is 5.95. The first-order chi connectivity index (χ1) is 12.8. The van der Waals surface area contributed by atoms with E-state index in [0.29, 0.717) is 0 Å². The Morgan fingerprint density at radius 2 is 1.96 bits per heavy atom. The first kappa shape index (κ1) is 16.9. The summed E-state index contributed by atoms with van der Waals surface area (Å²) in [4.78, 5) is 17.0. The van der Waals surface area contributed by atoms with Crippen molar-refractivity contribution in [2.75, 3.05) is 44.3 Å². The molecule has 5 rings (SSSR count). The zero-order chi connectivity index (χ0) is 17.5. The van der Waals surface area contributed by atoms with Gasteiger partial charge in [0.25, 0.3) is 0 Å². The second-order valence-electron chi connectivity index (χ2n) is 8.21. The summed E-state index contributed by atoms with van der Waals surface area (Å²) in [6.07, 6.45) is 6.38. The molecule has 0 aromatic carbocycles. The monoisotopic (exact) mass is 373 g/mol. The molecule has 0 amide bonds. The van der Waals surface area contributed by atoms with E-state index >= 15 is 0 Å². The maximum absolute atomic E-state index is 5.58. The Bertz CT molecular complexity index is 791. The normalized spacial score (nSPS) is 26.4. The Balaban J connectivity index is 1.51. The van der Waals surface area contributed by atoms with Gasteiger partial charge in [0.15, 0.2) is 5.82 Å². The van der Waals surface area contributed by atoms with Gasteiger partial charge in [-0.25, -0.2) is 9.97 Å². The van der Waals surface area contributed by atoms with Crippen LogP contribution in [0.3, 0.4) is 0 Å². The minimum atomic E-state index is 0.808. The molecule has 2 aromatic rings. The first-order valence-corrected chi connectivity index (χ1v) is 11.1. The maximum atomic E-state index is 5.58. The summed E-state index contributed by atoms with van der Waals surface area (Å²) in [7, 11) is 0. The lowest BCUT2D eigenvalue weighted by Gasteiger charge is -2.30. The van der Waals surface area contributed by atoms with Gasteiger partial charge in [-0.3, -0.25) is 0 Å². The lowest BCUT2D eigenvalue weighted by Crippen LogP contribution is -3.11. The van der Waals surface area contributed by atoms with Crippen LogP contribution in [-0.2, 0) is 24.1 Å². The molecule has 1 N–H and O–H groups in total. The van der Waals surface area contributed by atoms with Crippen LogP contribution in [0.5, 0.6) is 0 Å². The topological polar surface area (TPSA) is 42.7 Å². The van der Waals surface area contributed by atoms with Crippen LogP contribution in [0.15, 0.2) is 0 Å². The number of anilines is 1. The molecular weight excluding hydrogens is 344 g/mol. The second-order valence-corrected chi connectivity index (χ2v) is 9.29. The third-order valence-electron chi connectivity index (χ3n) is 6.29. The second kappa shape index (κ2) is 7.06. The van der Waals surface area contributed by atoms with Gasteiger partial charge in [0.05, 0.1) is 31.7 Å². The van der Waals surface area contributed by atoms with Crippen LogP contribution >= 0.6 is 11.3 Å². The summed E-state index contributed by atoms with van der Waals surface area (Å²) in [6.45, 7) is 9.39. The molecule has 6 heteroatoms. The van der Waals surface area contributed by atoms with Crippen molar-refractivity contribution in [2.24, 2.45) is 5.92 Å². The maximum Gasteiger partial charge on any atom is 0.187 e. The highest BCUT2D eigenvalue weighted by Crippen LogP contribution is 2.40. The van der Waals surface area contributed by atoms with Crippen molar-refractivity contribution in [1.82, 2.24) is 9.97 Å². The number of hydrogen-bond donors (Lipinski definition) is 1. The van der Waals surface area contributed by atoms with E-state index in [2.05, 4.69) is 11.8 Å². The molecule has 140 valence electrons. The third kappa shape index (κ3) is 3.12. The van der Waals surface area contributed by atoms with Crippen LogP contribution in [0, 0.1) is 5.92 Å². The summed E-state index contributed by atoms with van der Waals surface area (Å²) in [5.41, 5.74) is 1.54. The van der Waals surface area contributed by atoms with Crippen LogP contribution in [0.25, 0.3) is 10.2 Å². The number of morpholine rings is 1. The predicted octanol–water partition coefficient (Wildman–Crippen LogP) is 1.83. The highest BCUT2D eigenvalue weighted by molar-refractivity contribution is 7.19. The van der Waals surface area contributed by atoms with Crippen LogP contribution in [0.4, 0.5) is 5.82 Å². The Labute approximate surface area is 159 Å². The molecule has 2 aliphatic heterocycles. The Morgan fingerprint density at radius 3 is 2.77 bits per heavy atom. The number of ether oxygens (including phenoxy) is 1. The molecular formula is C20H29N4OS+. The molecule has 1 aliphatic carbocycles. The van der Waals surface area contributed by atoms with E-state index in [1.165, 1.54) is 66.8 Å². The molecule has 2 saturated heterocycles. The number of aromatic nitrogens is 2. The van der Waals surface area contributed by atoms with Crippen LogP contribution in [-0.4, -0.2) is 49.4 Å². The van der Waals surface area contributed by atoms with Gasteiger partial charge in [0, 0.05) is 18.0 Å². The minimum Gasteiger partial charge on any atom is -0.378 e. The molecule has 2 aromatic heterocycles. The molecule has 0 atom stereocenters. The van der Waals surface area contributed by atoms with Crippen LogP contribution in [0.2, 0.25) is 0 Å². The number of hydrogen-bond acceptors (Lipinski definition) is 5. The Hall–Kier alpha value is -1.24. The molecule has 26 heavy (non-hydrogen) atoms. The molecule has 0 bridgehead atoms. The van der Waals surface area contributed by atoms with Gasteiger partial charge in [-0.1, -0.05) is 6.92 Å². The number of piperidine rings is 1. The van der Waals surface area contributed by atoms with Crippen molar-refractivity contribution < 1.29 is 9.64 Å². The molecule has 0 saturated carbocycles. The van der Waals surface area contributed by atoms with Crippen LogP contribution < -0.4 is 9.80 Å². The lowest BCUT2D eigenvalue weighted by atomic mass is 9.99. The quantitative estimate of drug-likeness (QED) is 0.891. The molecule has 0 radical (unpaired) electrons.